The Morgan fingerprint density at radius 1 is 0.818 bits per heavy atom. The predicted molar refractivity (Wildman–Crippen MR) is 133 cm³/mol. The number of nitrogens with one attached hydrogen (secondary N) is 1. The molecule has 0 aliphatic heterocycles. The first-order valence-electron chi connectivity index (χ1n) is 10.4. The number of anilines is 1. The summed E-state index contributed by atoms with van der Waals surface area (Å²) in [7, 11) is 0. The second kappa shape index (κ2) is 8.96. The molecule has 5 aromatic rings. The average Bonchev–Trinajstić information content (AvgIpc) is 3.41. The van der Waals surface area contributed by atoms with Crippen LogP contribution in [0.25, 0.3) is 21.9 Å². The van der Waals surface area contributed by atoms with Gasteiger partial charge >= 0.3 is 0 Å². The van der Waals surface area contributed by atoms with E-state index in [-0.39, 0.29) is 6.04 Å². The molecule has 1 heterocycles. The smallest absolute Gasteiger partial charge is 0.0998 e. The van der Waals surface area contributed by atoms with Crippen LogP contribution in [0, 0.1) is 22.7 Å². The zero-order chi connectivity index (χ0) is 22.6. The Labute approximate surface area is 196 Å². The Kier molecular flexibility index (Phi) is 5.55. The van der Waals surface area contributed by atoms with Crippen LogP contribution >= 0.6 is 11.3 Å². The van der Waals surface area contributed by atoms with Crippen LogP contribution in [0.4, 0.5) is 5.69 Å². The van der Waals surface area contributed by atoms with Crippen LogP contribution in [0.5, 0.6) is 0 Å². The third-order valence-electron chi connectivity index (χ3n) is 5.62. The Hall–Kier alpha value is -4.45. The van der Waals surface area contributed by atoms with Gasteiger partial charge in [0.05, 0.1) is 39.7 Å². The monoisotopic (exact) mass is 442 g/mol. The normalized spacial score (nSPS) is 11.5. The first-order valence-corrected chi connectivity index (χ1v) is 11.3. The fourth-order valence-electron chi connectivity index (χ4n) is 4.05. The second-order valence-corrected chi connectivity index (χ2v) is 8.54. The van der Waals surface area contributed by atoms with Gasteiger partial charge in [-0.1, -0.05) is 54.6 Å². The van der Waals surface area contributed by atoms with Crippen molar-refractivity contribution in [1.82, 2.24) is 4.98 Å². The summed E-state index contributed by atoms with van der Waals surface area (Å²) in [5, 5.41) is 24.9. The number of rotatable bonds is 5. The van der Waals surface area contributed by atoms with Gasteiger partial charge in [0.2, 0.25) is 0 Å². The van der Waals surface area contributed by atoms with Gasteiger partial charge in [0.15, 0.2) is 0 Å². The molecule has 0 saturated heterocycles. The van der Waals surface area contributed by atoms with Gasteiger partial charge in [-0.05, 0) is 52.2 Å². The Bertz CT molecular complexity index is 1520. The number of hydrogen-bond acceptors (Lipinski definition) is 5. The maximum Gasteiger partial charge on any atom is 0.0998 e. The van der Waals surface area contributed by atoms with Crippen molar-refractivity contribution in [1.29, 1.82) is 10.5 Å². The minimum absolute atomic E-state index is 0.173. The highest BCUT2D eigenvalue weighted by atomic mass is 32.1. The Morgan fingerprint density at radius 2 is 1.67 bits per heavy atom. The molecule has 0 spiro atoms. The van der Waals surface area contributed by atoms with E-state index in [2.05, 4.69) is 52.8 Å². The van der Waals surface area contributed by atoms with Crippen molar-refractivity contribution >= 4 is 27.8 Å². The van der Waals surface area contributed by atoms with E-state index in [0.29, 0.717) is 11.1 Å². The van der Waals surface area contributed by atoms with Gasteiger partial charge in [-0.25, -0.2) is 0 Å². The second-order valence-electron chi connectivity index (χ2n) is 7.62. The van der Waals surface area contributed by atoms with Crippen LogP contribution in [0.2, 0.25) is 0 Å². The maximum atomic E-state index is 9.85. The molecule has 0 aliphatic carbocycles. The van der Waals surface area contributed by atoms with Crippen LogP contribution in [0.3, 0.4) is 0 Å². The summed E-state index contributed by atoms with van der Waals surface area (Å²) in [6, 6.07) is 32.2. The lowest BCUT2D eigenvalue weighted by Crippen LogP contribution is -2.11. The van der Waals surface area contributed by atoms with E-state index >= 15 is 0 Å². The van der Waals surface area contributed by atoms with Crippen molar-refractivity contribution in [2.45, 2.75) is 6.04 Å². The molecule has 0 radical (unpaired) electrons. The number of benzene rings is 4. The number of thiazole rings is 1. The van der Waals surface area contributed by atoms with E-state index in [1.54, 1.807) is 17.4 Å². The molecule has 0 saturated carbocycles. The Balaban J connectivity index is 1.65. The predicted octanol–water partition coefficient (Wildman–Crippen LogP) is 6.91. The lowest BCUT2D eigenvalue weighted by atomic mass is 9.91. The molecule has 0 bridgehead atoms. The summed E-state index contributed by atoms with van der Waals surface area (Å²) in [4.78, 5) is 5.32. The average molecular weight is 443 g/mol. The van der Waals surface area contributed by atoms with E-state index in [1.165, 1.54) is 0 Å². The summed E-state index contributed by atoms with van der Waals surface area (Å²) in [6.45, 7) is 0. The fourth-order valence-corrected chi connectivity index (χ4v) is 4.75. The van der Waals surface area contributed by atoms with Crippen molar-refractivity contribution in [2.24, 2.45) is 0 Å². The fraction of sp³-hybridized carbons (Fsp3) is 0.0357. The summed E-state index contributed by atoms with van der Waals surface area (Å²) in [5.41, 5.74) is 6.83. The van der Waals surface area contributed by atoms with E-state index in [0.717, 1.165) is 38.0 Å². The van der Waals surface area contributed by atoms with E-state index in [4.69, 9.17) is 0 Å². The molecule has 1 unspecified atom stereocenters. The minimum Gasteiger partial charge on any atom is -0.373 e. The first kappa shape index (κ1) is 20.5. The molecular formula is C28H18N4S. The highest BCUT2D eigenvalue weighted by molar-refractivity contribution is 7.09. The molecule has 0 fully saturated rings. The number of nitriles is 2. The van der Waals surface area contributed by atoms with Crippen LogP contribution in [-0.2, 0) is 0 Å². The van der Waals surface area contributed by atoms with E-state index < -0.39 is 0 Å². The van der Waals surface area contributed by atoms with Crippen molar-refractivity contribution in [3.63, 3.8) is 0 Å². The maximum absolute atomic E-state index is 9.85. The zero-order valence-corrected chi connectivity index (χ0v) is 18.4. The highest BCUT2D eigenvalue weighted by Gasteiger charge is 2.19. The third-order valence-corrected chi connectivity index (χ3v) is 6.46. The number of hydrogen-bond donors (Lipinski definition) is 1. The summed E-state index contributed by atoms with van der Waals surface area (Å²) in [5.74, 6) is 0. The molecule has 5 rings (SSSR count). The molecule has 1 N–H and O–H groups in total. The zero-order valence-electron chi connectivity index (χ0n) is 17.6. The lowest BCUT2D eigenvalue weighted by Gasteiger charge is -2.21. The molecule has 5 heteroatoms. The lowest BCUT2D eigenvalue weighted by molar-refractivity contribution is 0.959. The van der Waals surface area contributed by atoms with Crippen LogP contribution in [0.1, 0.15) is 27.6 Å². The van der Waals surface area contributed by atoms with Crippen LogP contribution < -0.4 is 5.32 Å². The number of nitrogens with zero attached hydrogens (tertiary/aromatic N) is 3. The Morgan fingerprint density at radius 3 is 2.48 bits per heavy atom. The van der Waals surface area contributed by atoms with Crippen LogP contribution in [0.15, 0.2) is 96.6 Å². The quantitative estimate of drug-likeness (QED) is 0.321. The summed E-state index contributed by atoms with van der Waals surface area (Å²) < 4.78 is 0. The van der Waals surface area contributed by atoms with Gasteiger partial charge in [0.1, 0.15) is 0 Å². The minimum atomic E-state index is -0.173. The first-order chi connectivity index (χ1) is 16.3. The van der Waals surface area contributed by atoms with Gasteiger partial charge in [-0.3, -0.25) is 4.98 Å². The molecule has 1 atom stereocenters. The number of fused-ring (bicyclic) bond motifs is 1. The van der Waals surface area contributed by atoms with Gasteiger partial charge in [0, 0.05) is 17.4 Å². The summed E-state index contributed by atoms with van der Waals surface area (Å²) in [6.07, 6.45) is 1.85. The van der Waals surface area contributed by atoms with Crippen molar-refractivity contribution in [3.8, 4) is 23.3 Å². The molecule has 0 amide bonds. The molecular weight excluding hydrogens is 424 g/mol. The molecule has 0 aliphatic rings. The number of aromatic nitrogens is 1. The third kappa shape index (κ3) is 4.06. The largest absolute Gasteiger partial charge is 0.373 e. The van der Waals surface area contributed by atoms with Gasteiger partial charge in [-0.2, -0.15) is 10.5 Å². The van der Waals surface area contributed by atoms with Crippen LogP contribution in [-0.4, -0.2) is 4.98 Å². The van der Waals surface area contributed by atoms with Gasteiger partial charge in [-0.15, -0.1) is 11.3 Å². The molecule has 4 aromatic carbocycles. The van der Waals surface area contributed by atoms with Gasteiger partial charge < -0.3 is 5.32 Å². The van der Waals surface area contributed by atoms with Gasteiger partial charge in [0.25, 0.3) is 0 Å². The van der Waals surface area contributed by atoms with E-state index in [9.17, 15) is 10.5 Å². The molecule has 33 heavy (non-hydrogen) atoms. The van der Waals surface area contributed by atoms with Crippen molar-refractivity contribution in [2.75, 3.05) is 5.32 Å². The highest BCUT2D eigenvalue weighted by Crippen LogP contribution is 2.36. The van der Waals surface area contributed by atoms with Crippen molar-refractivity contribution < 1.29 is 0 Å². The molecule has 1 aromatic heterocycles. The summed E-state index contributed by atoms with van der Waals surface area (Å²) >= 11 is 1.57. The molecule has 4 nitrogen and oxygen atoms in total. The molecule has 156 valence electrons. The van der Waals surface area contributed by atoms with Crippen molar-refractivity contribution in [3.05, 3.63) is 118 Å². The standard InChI is InChI=1S/C28H18N4S/c29-15-19-5-3-8-23(13-19)32-28(27-17-31-18-33-27)21-11-12-22(16-30)26(14-21)25-10-4-7-20-6-1-2-9-24(20)25/h1-14,17-18,28,32H. The topological polar surface area (TPSA) is 72.5 Å². The SMILES string of the molecule is N#Cc1cccc(NC(c2ccc(C#N)c(-c3cccc4ccccc34)c2)c2cncs2)c1. The van der Waals surface area contributed by atoms with E-state index in [1.807, 2.05) is 60.2 Å².